The molecule has 0 saturated carbocycles. The van der Waals surface area contributed by atoms with Crippen LogP contribution in [0.5, 0.6) is 0 Å². The van der Waals surface area contributed by atoms with Gasteiger partial charge in [0.2, 0.25) is 0 Å². The van der Waals surface area contributed by atoms with Gasteiger partial charge in [0.1, 0.15) is 0 Å². The van der Waals surface area contributed by atoms with E-state index in [-0.39, 0.29) is 22.5 Å². The first-order valence-electron chi connectivity index (χ1n) is 11.3. The van der Waals surface area contributed by atoms with E-state index >= 15 is 0 Å². The van der Waals surface area contributed by atoms with Crippen molar-refractivity contribution < 1.29 is 17.6 Å². The van der Waals surface area contributed by atoms with Gasteiger partial charge < -0.3 is 4.43 Å². The normalized spacial score (nSPS) is 13.9. The van der Waals surface area contributed by atoms with Crippen LogP contribution in [0.3, 0.4) is 0 Å². The Hall–Kier alpha value is -2.22. The van der Waals surface area contributed by atoms with Crippen LogP contribution in [0.1, 0.15) is 40.2 Å². The van der Waals surface area contributed by atoms with Gasteiger partial charge in [-0.15, -0.1) is 0 Å². The standard InChI is InChI=1S/C26H37NO4SSi/c1-21(2)24(20-31-33(6,7)26(3,4)5)27(32(29,30)23-16-12-9-13-17-23)25(28)19-18-22-14-10-8-11-15-22/h8-19,21,24H,20H2,1-7H3/b19-18+. The van der Waals surface area contributed by atoms with Crippen molar-refractivity contribution in [1.29, 1.82) is 0 Å². The Kier molecular flexibility index (Phi) is 8.85. The molecule has 5 nitrogen and oxygen atoms in total. The minimum Gasteiger partial charge on any atom is -0.415 e. The fourth-order valence-electron chi connectivity index (χ4n) is 3.01. The second-order valence-corrected chi connectivity index (χ2v) is 16.7. The summed E-state index contributed by atoms with van der Waals surface area (Å²) >= 11 is 0. The maximum atomic E-state index is 13.7. The van der Waals surface area contributed by atoms with Crippen molar-refractivity contribution in [2.24, 2.45) is 5.92 Å². The first-order chi connectivity index (χ1) is 15.3. The highest BCUT2D eigenvalue weighted by Gasteiger charge is 2.41. The molecule has 33 heavy (non-hydrogen) atoms. The van der Waals surface area contributed by atoms with Crippen LogP contribution in [-0.4, -0.2) is 39.6 Å². The van der Waals surface area contributed by atoms with E-state index in [0.29, 0.717) is 0 Å². The van der Waals surface area contributed by atoms with E-state index in [1.807, 2.05) is 44.2 Å². The third kappa shape index (κ3) is 6.88. The van der Waals surface area contributed by atoms with Crippen molar-refractivity contribution in [2.45, 2.75) is 63.7 Å². The third-order valence-electron chi connectivity index (χ3n) is 6.23. The molecule has 0 aliphatic carbocycles. The maximum Gasteiger partial charge on any atom is 0.267 e. The van der Waals surface area contributed by atoms with Crippen molar-refractivity contribution in [1.82, 2.24) is 4.31 Å². The summed E-state index contributed by atoms with van der Waals surface area (Å²) in [6.45, 7) is 14.6. The van der Waals surface area contributed by atoms with Crippen molar-refractivity contribution in [3.63, 3.8) is 0 Å². The lowest BCUT2D eigenvalue weighted by atomic mass is 10.1. The molecule has 0 saturated heterocycles. The first kappa shape index (κ1) is 27.0. The number of carbonyl (C=O) groups excluding carboxylic acids is 1. The SMILES string of the molecule is CC(C)C(CO[Si](C)(C)C(C)(C)C)N(C(=O)/C=C/c1ccccc1)S(=O)(=O)c1ccccc1. The predicted octanol–water partition coefficient (Wildman–Crippen LogP) is 5.96. The van der Waals surface area contributed by atoms with E-state index in [1.165, 1.54) is 18.2 Å². The van der Waals surface area contributed by atoms with Crippen molar-refractivity contribution in [3.05, 3.63) is 72.3 Å². The van der Waals surface area contributed by atoms with Crippen molar-refractivity contribution >= 4 is 30.3 Å². The van der Waals surface area contributed by atoms with Crippen LogP contribution in [0.4, 0.5) is 0 Å². The van der Waals surface area contributed by atoms with Gasteiger partial charge in [0.15, 0.2) is 8.32 Å². The van der Waals surface area contributed by atoms with E-state index in [0.717, 1.165) is 9.87 Å². The number of hydrogen-bond donors (Lipinski definition) is 0. The molecule has 1 unspecified atom stereocenters. The lowest BCUT2D eigenvalue weighted by Crippen LogP contribution is -2.51. The monoisotopic (exact) mass is 487 g/mol. The van der Waals surface area contributed by atoms with Crippen LogP contribution in [-0.2, 0) is 19.2 Å². The predicted molar refractivity (Wildman–Crippen MR) is 138 cm³/mol. The van der Waals surface area contributed by atoms with Gasteiger partial charge in [0.25, 0.3) is 15.9 Å². The Bertz CT molecular complexity index is 1040. The number of rotatable bonds is 9. The summed E-state index contributed by atoms with van der Waals surface area (Å²) in [5.41, 5.74) is 0.821. The molecule has 0 aromatic heterocycles. The van der Waals surface area contributed by atoms with Crippen LogP contribution < -0.4 is 0 Å². The molecule has 0 bridgehead atoms. The molecular weight excluding hydrogens is 450 g/mol. The van der Waals surface area contributed by atoms with Crippen molar-refractivity contribution in [2.75, 3.05) is 6.61 Å². The summed E-state index contributed by atoms with van der Waals surface area (Å²) in [4.78, 5) is 13.5. The van der Waals surface area contributed by atoms with Gasteiger partial charge in [-0.3, -0.25) is 4.79 Å². The van der Waals surface area contributed by atoms with E-state index in [4.69, 9.17) is 4.43 Å². The zero-order valence-electron chi connectivity index (χ0n) is 20.8. The quantitative estimate of drug-likeness (QED) is 0.323. The molecule has 2 rings (SSSR count). The largest absolute Gasteiger partial charge is 0.415 e. The topological polar surface area (TPSA) is 63.7 Å². The zero-order valence-corrected chi connectivity index (χ0v) is 22.6. The highest BCUT2D eigenvalue weighted by Crippen LogP contribution is 2.37. The number of hydrogen-bond acceptors (Lipinski definition) is 4. The molecule has 0 fully saturated rings. The summed E-state index contributed by atoms with van der Waals surface area (Å²) in [6, 6.07) is 16.8. The second-order valence-electron chi connectivity index (χ2n) is 10.1. The molecule has 0 N–H and O–H groups in total. The number of sulfonamides is 1. The Morgan fingerprint density at radius 3 is 2.00 bits per heavy atom. The summed E-state index contributed by atoms with van der Waals surface area (Å²) in [5, 5.41) is -0.0329. The summed E-state index contributed by atoms with van der Waals surface area (Å²) in [7, 11) is -6.24. The van der Waals surface area contributed by atoms with Crippen LogP contribution in [0, 0.1) is 5.92 Å². The molecule has 0 radical (unpaired) electrons. The Morgan fingerprint density at radius 2 is 1.52 bits per heavy atom. The number of nitrogens with zero attached hydrogens (tertiary/aromatic N) is 1. The molecule has 0 aliphatic rings. The molecule has 1 atom stereocenters. The van der Waals surface area contributed by atoms with E-state index < -0.39 is 30.3 Å². The highest BCUT2D eigenvalue weighted by atomic mass is 32.2. The Balaban J connectivity index is 2.49. The summed E-state index contributed by atoms with van der Waals surface area (Å²) in [6.07, 6.45) is 2.97. The van der Waals surface area contributed by atoms with Crippen LogP contribution in [0.25, 0.3) is 6.08 Å². The van der Waals surface area contributed by atoms with Crippen LogP contribution in [0.2, 0.25) is 18.1 Å². The summed E-state index contributed by atoms with van der Waals surface area (Å²) in [5.74, 6) is -0.720. The lowest BCUT2D eigenvalue weighted by molar-refractivity contribution is -0.124. The molecule has 0 spiro atoms. The average molecular weight is 488 g/mol. The van der Waals surface area contributed by atoms with Gasteiger partial charge in [-0.05, 0) is 47.8 Å². The number of carbonyl (C=O) groups is 1. The highest BCUT2D eigenvalue weighted by molar-refractivity contribution is 7.89. The minimum atomic E-state index is -4.08. The van der Waals surface area contributed by atoms with Gasteiger partial charge in [0, 0.05) is 6.08 Å². The summed E-state index contributed by atoms with van der Waals surface area (Å²) < 4.78 is 34.8. The van der Waals surface area contributed by atoms with Crippen molar-refractivity contribution in [3.8, 4) is 0 Å². The fraction of sp³-hybridized carbons (Fsp3) is 0.423. The number of benzene rings is 2. The Morgan fingerprint density at radius 1 is 1.00 bits per heavy atom. The molecule has 2 aromatic carbocycles. The van der Waals surface area contributed by atoms with Crippen LogP contribution >= 0.6 is 0 Å². The van der Waals surface area contributed by atoms with E-state index in [2.05, 4.69) is 33.9 Å². The van der Waals surface area contributed by atoms with Gasteiger partial charge >= 0.3 is 0 Å². The minimum absolute atomic E-state index is 0.0329. The molecular formula is C26H37NO4SSi. The van der Waals surface area contributed by atoms with Gasteiger partial charge in [0.05, 0.1) is 17.5 Å². The van der Waals surface area contributed by atoms with Gasteiger partial charge in [-0.1, -0.05) is 83.1 Å². The first-order valence-corrected chi connectivity index (χ1v) is 15.6. The van der Waals surface area contributed by atoms with E-state index in [9.17, 15) is 13.2 Å². The lowest BCUT2D eigenvalue weighted by Gasteiger charge is -2.40. The van der Waals surface area contributed by atoms with E-state index in [1.54, 1.807) is 24.3 Å². The molecule has 2 aromatic rings. The molecule has 0 heterocycles. The van der Waals surface area contributed by atoms with Crippen LogP contribution in [0.15, 0.2) is 71.6 Å². The maximum absolute atomic E-state index is 13.7. The molecule has 0 aliphatic heterocycles. The zero-order chi connectivity index (χ0) is 24.9. The number of amides is 1. The second kappa shape index (κ2) is 10.8. The molecule has 180 valence electrons. The van der Waals surface area contributed by atoms with Gasteiger partial charge in [-0.25, -0.2) is 12.7 Å². The molecule has 7 heteroatoms. The fourth-order valence-corrected chi connectivity index (χ4v) is 5.72. The molecule has 1 amide bonds. The average Bonchev–Trinajstić information content (AvgIpc) is 2.75. The Labute approximate surface area is 200 Å². The smallest absolute Gasteiger partial charge is 0.267 e. The van der Waals surface area contributed by atoms with Gasteiger partial charge in [-0.2, -0.15) is 0 Å². The third-order valence-corrected chi connectivity index (χ3v) is 12.6.